The zero-order chi connectivity index (χ0) is 43.0. The normalized spacial score (nSPS) is 12.5. The summed E-state index contributed by atoms with van der Waals surface area (Å²) in [5.41, 5.74) is 0. The predicted octanol–water partition coefficient (Wildman–Crippen LogP) is 16.1. The van der Waals surface area contributed by atoms with Gasteiger partial charge in [0.2, 0.25) is 0 Å². The van der Waals surface area contributed by atoms with Crippen LogP contribution in [0.1, 0.15) is 239 Å². The maximum Gasteiger partial charge on any atom is 0.306 e. The third-order valence-corrected chi connectivity index (χ3v) is 10.5. The molecule has 0 bridgehead atoms. The Balaban J connectivity index is 4.40. The summed E-state index contributed by atoms with van der Waals surface area (Å²) in [7, 11) is 0. The molecule has 6 nitrogen and oxygen atoms in total. The molecule has 0 saturated carbocycles. The first-order valence-electron chi connectivity index (χ1n) is 24.8. The molecule has 1 unspecified atom stereocenters. The molecule has 0 fully saturated rings. The molecule has 0 aliphatic heterocycles. The van der Waals surface area contributed by atoms with Crippen molar-refractivity contribution in [3.05, 3.63) is 60.8 Å². The standard InChI is InChI=1S/C53H92O6/c1-4-7-10-13-16-19-22-25-27-29-31-34-37-40-43-46-52(55)58-49-50(48-57-51(54)45-42-39-36-33-30-24-21-18-15-12-9-6-3)59-53(56)47-44-41-38-35-32-28-26-23-20-17-14-11-8-5-2/h8-9,11-12,17-22,50H,4-7,10,13-16,23-49H2,1-3H3/b11-8-,12-9-,20-17-,21-18-,22-19-. The summed E-state index contributed by atoms with van der Waals surface area (Å²) in [6, 6.07) is 0. The maximum atomic E-state index is 12.8. The molecule has 0 aliphatic rings. The third-order valence-electron chi connectivity index (χ3n) is 10.5. The van der Waals surface area contributed by atoms with E-state index in [0.29, 0.717) is 19.3 Å². The minimum absolute atomic E-state index is 0.0843. The lowest BCUT2D eigenvalue weighted by Crippen LogP contribution is -2.30. The van der Waals surface area contributed by atoms with Crippen LogP contribution in [0.5, 0.6) is 0 Å². The number of ether oxygens (including phenoxy) is 3. The Morgan fingerprint density at radius 2 is 0.661 bits per heavy atom. The number of allylic oxidation sites excluding steroid dienone is 10. The molecule has 0 rings (SSSR count). The van der Waals surface area contributed by atoms with E-state index < -0.39 is 6.10 Å². The summed E-state index contributed by atoms with van der Waals surface area (Å²) >= 11 is 0. The van der Waals surface area contributed by atoms with Gasteiger partial charge >= 0.3 is 17.9 Å². The number of esters is 3. The van der Waals surface area contributed by atoms with Gasteiger partial charge in [0, 0.05) is 19.3 Å². The summed E-state index contributed by atoms with van der Waals surface area (Å²) in [5.74, 6) is -0.911. The number of hydrogen-bond acceptors (Lipinski definition) is 6. The monoisotopic (exact) mass is 825 g/mol. The lowest BCUT2D eigenvalue weighted by molar-refractivity contribution is -0.167. The van der Waals surface area contributed by atoms with Crippen LogP contribution in [0.4, 0.5) is 0 Å². The molecular weight excluding hydrogens is 733 g/mol. The van der Waals surface area contributed by atoms with Crippen molar-refractivity contribution in [3.8, 4) is 0 Å². The van der Waals surface area contributed by atoms with Crippen molar-refractivity contribution in [3.63, 3.8) is 0 Å². The van der Waals surface area contributed by atoms with Crippen LogP contribution in [0.3, 0.4) is 0 Å². The Morgan fingerprint density at radius 3 is 1.03 bits per heavy atom. The molecule has 340 valence electrons. The minimum Gasteiger partial charge on any atom is -0.462 e. The fourth-order valence-electron chi connectivity index (χ4n) is 6.81. The van der Waals surface area contributed by atoms with Gasteiger partial charge in [-0.25, -0.2) is 0 Å². The molecule has 0 spiro atoms. The molecule has 0 saturated heterocycles. The molecule has 0 heterocycles. The topological polar surface area (TPSA) is 78.9 Å². The zero-order valence-corrected chi connectivity index (χ0v) is 38.8. The lowest BCUT2D eigenvalue weighted by atomic mass is 10.1. The predicted molar refractivity (Wildman–Crippen MR) is 251 cm³/mol. The quantitative estimate of drug-likeness (QED) is 0.0263. The third kappa shape index (κ3) is 46.0. The van der Waals surface area contributed by atoms with Gasteiger partial charge in [0.15, 0.2) is 6.10 Å². The number of rotatable bonds is 44. The maximum absolute atomic E-state index is 12.8. The van der Waals surface area contributed by atoms with E-state index in [0.717, 1.165) is 109 Å². The van der Waals surface area contributed by atoms with E-state index in [9.17, 15) is 14.4 Å². The molecule has 0 aliphatic carbocycles. The lowest BCUT2D eigenvalue weighted by Gasteiger charge is -2.18. The number of hydrogen-bond donors (Lipinski definition) is 0. The van der Waals surface area contributed by atoms with E-state index in [-0.39, 0.29) is 31.1 Å². The van der Waals surface area contributed by atoms with E-state index in [2.05, 4.69) is 81.5 Å². The van der Waals surface area contributed by atoms with Gasteiger partial charge in [0.1, 0.15) is 13.2 Å². The van der Waals surface area contributed by atoms with E-state index in [1.165, 1.54) is 89.9 Å². The summed E-state index contributed by atoms with van der Waals surface area (Å²) in [6.45, 7) is 6.39. The first-order chi connectivity index (χ1) is 29.0. The van der Waals surface area contributed by atoms with Crippen molar-refractivity contribution in [1.82, 2.24) is 0 Å². The Morgan fingerprint density at radius 1 is 0.356 bits per heavy atom. The van der Waals surface area contributed by atoms with Crippen LogP contribution in [-0.2, 0) is 28.6 Å². The first kappa shape index (κ1) is 56.1. The van der Waals surface area contributed by atoms with Crippen LogP contribution in [0.25, 0.3) is 0 Å². The Bertz CT molecular complexity index is 1090. The Labute approximate surface area is 364 Å². The Hall–Kier alpha value is -2.89. The van der Waals surface area contributed by atoms with Crippen LogP contribution in [0.15, 0.2) is 60.8 Å². The van der Waals surface area contributed by atoms with Gasteiger partial charge < -0.3 is 14.2 Å². The van der Waals surface area contributed by atoms with Crippen LogP contribution < -0.4 is 0 Å². The molecule has 0 aromatic rings. The molecular formula is C53H92O6. The average molecular weight is 825 g/mol. The van der Waals surface area contributed by atoms with Crippen LogP contribution in [-0.4, -0.2) is 37.2 Å². The highest BCUT2D eigenvalue weighted by atomic mass is 16.6. The molecule has 0 aromatic heterocycles. The van der Waals surface area contributed by atoms with Gasteiger partial charge in [0.25, 0.3) is 0 Å². The smallest absolute Gasteiger partial charge is 0.306 e. The summed E-state index contributed by atoms with van der Waals surface area (Å²) in [6.07, 6.45) is 57.7. The van der Waals surface area contributed by atoms with Crippen LogP contribution in [0, 0.1) is 0 Å². The second-order valence-electron chi connectivity index (χ2n) is 16.3. The van der Waals surface area contributed by atoms with Gasteiger partial charge in [0.05, 0.1) is 0 Å². The van der Waals surface area contributed by atoms with E-state index in [1.54, 1.807) is 0 Å². The number of unbranched alkanes of at least 4 members (excludes halogenated alkanes) is 23. The molecule has 0 N–H and O–H groups in total. The average Bonchev–Trinajstić information content (AvgIpc) is 3.23. The molecule has 6 heteroatoms. The SMILES string of the molecule is CC/C=C\C/C=C\CCCCCCCCCC(=O)OC(COC(=O)CCCCCCC/C=C\C/C=C\CC)COC(=O)CCCCCCCCC/C=C\CCCCCC. The second-order valence-corrected chi connectivity index (χ2v) is 16.3. The van der Waals surface area contributed by atoms with E-state index in [4.69, 9.17) is 14.2 Å². The van der Waals surface area contributed by atoms with E-state index in [1.807, 2.05) is 0 Å². The molecule has 0 aromatic carbocycles. The fraction of sp³-hybridized carbons (Fsp3) is 0.755. The summed E-state index contributed by atoms with van der Waals surface area (Å²) in [4.78, 5) is 37.9. The van der Waals surface area contributed by atoms with Crippen LogP contribution in [0.2, 0.25) is 0 Å². The molecule has 0 radical (unpaired) electrons. The van der Waals surface area contributed by atoms with Gasteiger partial charge in [-0.3, -0.25) is 14.4 Å². The van der Waals surface area contributed by atoms with Crippen molar-refractivity contribution in [2.45, 2.75) is 245 Å². The second kappa shape index (κ2) is 47.8. The minimum atomic E-state index is -0.784. The number of carbonyl (C=O) groups excluding carboxylic acids is 3. The molecule has 1 atom stereocenters. The van der Waals surface area contributed by atoms with Crippen molar-refractivity contribution < 1.29 is 28.6 Å². The van der Waals surface area contributed by atoms with Gasteiger partial charge in [-0.2, -0.15) is 0 Å². The van der Waals surface area contributed by atoms with Gasteiger partial charge in [-0.05, 0) is 96.3 Å². The molecule has 59 heavy (non-hydrogen) atoms. The highest BCUT2D eigenvalue weighted by Crippen LogP contribution is 2.14. The van der Waals surface area contributed by atoms with E-state index >= 15 is 0 Å². The largest absolute Gasteiger partial charge is 0.462 e. The zero-order valence-electron chi connectivity index (χ0n) is 38.8. The molecule has 0 amide bonds. The summed E-state index contributed by atoms with van der Waals surface area (Å²) in [5, 5.41) is 0. The highest BCUT2D eigenvalue weighted by molar-refractivity contribution is 5.71. The van der Waals surface area contributed by atoms with Crippen LogP contribution >= 0.6 is 0 Å². The Kier molecular flexibility index (Phi) is 45.4. The van der Waals surface area contributed by atoms with Crippen molar-refractivity contribution in [1.29, 1.82) is 0 Å². The first-order valence-corrected chi connectivity index (χ1v) is 24.8. The van der Waals surface area contributed by atoms with Crippen molar-refractivity contribution in [2.75, 3.05) is 13.2 Å². The summed E-state index contributed by atoms with van der Waals surface area (Å²) < 4.78 is 16.7. The van der Waals surface area contributed by atoms with Crippen molar-refractivity contribution in [2.24, 2.45) is 0 Å². The van der Waals surface area contributed by atoms with Crippen molar-refractivity contribution >= 4 is 17.9 Å². The number of carbonyl (C=O) groups is 3. The fourth-order valence-corrected chi connectivity index (χ4v) is 6.81. The van der Waals surface area contributed by atoms with Gasteiger partial charge in [-0.15, -0.1) is 0 Å². The highest BCUT2D eigenvalue weighted by Gasteiger charge is 2.19. The van der Waals surface area contributed by atoms with Gasteiger partial charge in [-0.1, -0.05) is 184 Å².